The Bertz CT molecular complexity index is 3180. The van der Waals surface area contributed by atoms with Crippen molar-refractivity contribution in [2.24, 2.45) is 0 Å². The number of anilines is 6. The molecule has 10 aromatic rings. The highest BCUT2D eigenvalue weighted by molar-refractivity contribution is 6.16. The Morgan fingerprint density at radius 1 is 0.356 bits per heavy atom. The van der Waals surface area contributed by atoms with Crippen LogP contribution in [0.5, 0.6) is 0 Å². The molecule has 11 rings (SSSR count). The summed E-state index contributed by atoms with van der Waals surface area (Å²) < 4.78 is 0. The van der Waals surface area contributed by atoms with E-state index in [1.54, 1.807) is 0 Å². The van der Waals surface area contributed by atoms with Crippen molar-refractivity contribution in [3.8, 4) is 22.3 Å². The van der Waals surface area contributed by atoms with E-state index in [9.17, 15) is 0 Å². The molecule has 0 N–H and O–H groups in total. The Labute approximate surface area is 345 Å². The molecule has 0 radical (unpaired) electrons. The van der Waals surface area contributed by atoms with Gasteiger partial charge < -0.3 is 9.80 Å². The number of para-hydroxylation sites is 1. The zero-order valence-electron chi connectivity index (χ0n) is 33.2. The third-order valence-corrected chi connectivity index (χ3v) is 12.4. The second-order valence-corrected chi connectivity index (χ2v) is 16.1. The van der Waals surface area contributed by atoms with Crippen LogP contribution in [-0.4, -0.2) is 0 Å². The topological polar surface area (TPSA) is 6.48 Å². The minimum atomic E-state index is -0.251. The van der Waals surface area contributed by atoms with Crippen LogP contribution in [-0.2, 0) is 5.41 Å². The molecule has 2 nitrogen and oxygen atoms in total. The molecular weight excluding hydrogens is 713 g/mol. The number of fused-ring (bicyclic) bond motifs is 6. The first-order valence-corrected chi connectivity index (χ1v) is 20.5. The molecule has 0 bridgehead atoms. The van der Waals surface area contributed by atoms with Gasteiger partial charge in [0.1, 0.15) is 0 Å². The predicted octanol–water partition coefficient (Wildman–Crippen LogP) is 16.1. The van der Waals surface area contributed by atoms with Gasteiger partial charge in [0, 0.05) is 21.9 Å². The maximum Gasteiger partial charge on any atom is 0.0781 e. The fraction of sp³-hybridized carbons (Fsp3) is 0.0526. The lowest BCUT2D eigenvalue weighted by atomic mass is 9.72. The third kappa shape index (κ3) is 5.71. The minimum absolute atomic E-state index is 0.251. The van der Waals surface area contributed by atoms with Gasteiger partial charge in [-0.15, -0.1) is 0 Å². The zero-order chi connectivity index (χ0) is 39.5. The van der Waals surface area contributed by atoms with Crippen LogP contribution in [0.25, 0.3) is 54.6 Å². The molecule has 0 aliphatic carbocycles. The van der Waals surface area contributed by atoms with Crippen molar-refractivity contribution < 1.29 is 0 Å². The van der Waals surface area contributed by atoms with Crippen LogP contribution in [0.3, 0.4) is 0 Å². The summed E-state index contributed by atoms with van der Waals surface area (Å²) in [6, 6.07) is 80.1. The lowest BCUT2D eigenvalue weighted by Gasteiger charge is -2.44. The monoisotopic (exact) mass is 754 g/mol. The first-order chi connectivity index (χ1) is 29.0. The molecule has 0 aromatic heterocycles. The number of nitrogens with zero attached hydrogens (tertiary/aromatic N) is 2. The van der Waals surface area contributed by atoms with E-state index < -0.39 is 0 Å². The molecule has 10 aromatic carbocycles. The van der Waals surface area contributed by atoms with Crippen molar-refractivity contribution in [3.63, 3.8) is 0 Å². The van der Waals surface area contributed by atoms with Crippen LogP contribution >= 0.6 is 0 Å². The standard InChI is InChI=1S/C57H42N2/c1-57(2)50-27-15-16-28-52(50)59(53-35-32-43(37-51(53)57)40-19-7-4-8-20-40)56-47-24-12-9-21-42(47)31-36-54(56)58(45-33-29-41(30-34-45)39-17-5-3-6-18-39)55-38-44-22-10-11-23-46(44)48-25-13-14-26-49(48)55/h3-38H,1-2H3. The third-order valence-electron chi connectivity index (χ3n) is 12.4. The first-order valence-electron chi connectivity index (χ1n) is 20.5. The quantitative estimate of drug-likeness (QED) is 0.156. The smallest absolute Gasteiger partial charge is 0.0781 e. The lowest BCUT2D eigenvalue weighted by Crippen LogP contribution is -2.31. The van der Waals surface area contributed by atoms with Gasteiger partial charge in [-0.05, 0) is 97.4 Å². The van der Waals surface area contributed by atoms with Crippen LogP contribution in [0.4, 0.5) is 34.1 Å². The fourth-order valence-electron chi connectivity index (χ4n) is 9.47. The number of hydrogen-bond acceptors (Lipinski definition) is 2. The second kappa shape index (κ2) is 13.9. The summed E-state index contributed by atoms with van der Waals surface area (Å²) in [7, 11) is 0. The van der Waals surface area contributed by atoms with E-state index in [1.165, 1.54) is 77.1 Å². The van der Waals surface area contributed by atoms with E-state index in [1.807, 2.05) is 0 Å². The maximum absolute atomic E-state index is 2.55. The van der Waals surface area contributed by atoms with Crippen LogP contribution in [0.1, 0.15) is 25.0 Å². The average molecular weight is 755 g/mol. The van der Waals surface area contributed by atoms with Gasteiger partial charge in [0.25, 0.3) is 0 Å². The molecule has 2 heteroatoms. The number of hydrogen-bond donors (Lipinski definition) is 0. The van der Waals surface area contributed by atoms with Crippen molar-refractivity contribution in [2.75, 3.05) is 9.80 Å². The molecule has 0 saturated carbocycles. The summed E-state index contributed by atoms with van der Waals surface area (Å²) in [6.45, 7) is 4.76. The van der Waals surface area contributed by atoms with Crippen molar-refractivity contribution in [1.82, 2.24) is 0 Å². The van der Waals surface area contributed by atoms with E-state index in [0.29, 0.717) is 0 Å². The SMILES string of the molecule is CC1(C)c2ccccc2N(c2c(N(c3ccc(-c4ccccc4)cc3)c3cc4ccccc4c4ccccc34)ccc3ccccc23)c2ccc(-c3ccccc3)cc21. The molecule has 0 saturated heterocycles. The van der Waals surface area contributed by atoms with Crippen LogP contribution in [0.15, 0.2) is 218 Å². The second-order valence-electron chi connectivity index (χ2n) is 16.1. The summed E-state index contributed by atoms with van der Waals surface area (Å²) >= 11 is 0. The van der Waals surface area contributed by atoms with Gasteiger partial charge in [-0.2, -0.15) is 0 Å². The molecule has 0 fully saturated rings. The van der Waals surface area contributed by atoms with Gasteiger partial charge in [-0.25, -0.2) is 0 Å². The molecular formula is C57H42N2. The Hall–Kier alpha value is -7.42. The number of benzene rings is 10. The van der Waals surface area contributed by atoms with E-state index in [0.717, 1.165) is 22.7 Å². The normalized spacial score (nSPS) is 13.0. The molecule has 0 amide bonds. The van der Waals surface area contributed by atoms with Gasteiger partial charge in [0.05, 0.1) is 28.4 Å². The first kappa shape index (κ1) is 34.8. The molecule has 280 valence electrons. The van der Waals surface area contributed by atoms with E-state index in [-0.39, 0.29) is 5.41 Å². The highest BCUT2D eigenvalue weighted by Gasteiger charge is 2.39. The van der Waals surface area contributed by atoms with Gasteiger partial charge >= 0.3 is 0 Å². The largest absolute Gasteiger partial charge is 0.308 e. The van der Waals surface area contributed by atoms with E-state index >= 15 is 0 Å². The summed E-state index contributed by atoms with van der Waals surface area (Å²) in [6.07, 6.45) is 0. The molecule has 59 heavy (non-hydrogen) atoms. The maximum atomic E-state index is 2.55. The highest BCUT2D eigenvalue weighted by Crippen LogP contribution is 2.57. The van der Waals surface area contributed by atoms with Gasteiger partial charge in [-0.1, -0.05) is 190 Å². The lowest BCUT2D eigenvalue weighted by molar-refractivity contribution is 0.632. The Kier molecular flexibility index (Phi) is 8.20. The molecule has 1 aliphatic rings. The molecule has 1 aliphatic heterocycles. The Morgan fingerprint density at radius 2 is 0.898 bits per heavy atom. The number of rotatable bonds is 6. The summed E-state index contributed by atoms with van der Waals surface area (Å²) in [5.74, 6) is 0. The predicted molar refractivity (Wildman–Crippen MR) is 251 cm³/mol. The molecule has 0 atom stereocenters. The highest BCUT2D eigenvalue weighted by atomic mass is 15.2. The molecule has 0 spiro atoms. The van der Waals surface area contributed by atoms with E-state index in [2.05, 4.69) is 242 Å². The Morgan fingerprint density at radius 3 is 1.64 bits per heavy atom. The average Bonchev–Trinajstić information content (AvgIpc) is 3.30. The zero-order valence-corrected chi connectivity index (χ0v) is 33.2. The summed E-state index contributed by atoms with van der Waals surface area (Å²) in [4.78, 5) is 5.06. The Balaban J connectivity index is 1.23. The van der Waals surface area contributed by atoms with Crippen molar-refractivity contribution >= 4 is 66.4 Å². The van der Waals surface area contributed by atoms with Crippen molar-refractivity contribution in [2.45, 2.75) is 19.3 Å². The minimum Gasteiger partial charge on any atom is -0.308 e. The van der Waals surface area contributed by atoms with Gasteiger partial charge in [0.2, 0.25) is 0 Å². The van der Waals surface area contributed by atoms with Crippen molar-refractivity contribution in [3.05, 3.63) is 230 Å². The van der Waals surface area contributed by atoms with Gasteiger partial charge in [-0.3, -0.25) is 0 Å². The summed E-state index contributed by atoms with van der Waals surface area (Å²) in [5, 5.41) is 7.27. The molecule has 1 heterocycles. The van der Waals surface area contributed by atoms with Crippen LogP contribution in [0.2, 0.25) is 0 Å². The fourth-order valence-corrected chi connectivity index (χ4v) is 9.47. The van der Waals surface area contributed by atoms with Crippen LogP contribution in [0, 0.1) is 0 Å². The summed E-state index contributed by atoms with van der Waals surface area (Å²) in [5.41, 5.74) is 14.0. The van der Waals surface area contributed by atoms with Gasteiger partial charge in [0.15, 0.2) is 0 Å². The molecule has 0 unspecified atom stereocenters. The van der Waals surface area contributed by atoms with Crippen molar-refractivity contribution in [1.29, 1.82) is 0 Å². The van der Waals surface area contributed by atoms with E-state index in [4.69, 9.17) is 0 Å². The van der Waals surface area contributed by atoms with Crippen LogP contribution < -0.4 is 9.80 Å².